The number of unbranched alkanes of at least 4 members (excludes halogenated alkanes) is 2. The van der Waals surface area contributed by atoms with Gasteiger partial charge in [0.1, 0.15) is 5.69 Å². The van der Waals surface area contributed by atoms with Crippen molar-refractivity contribution in [1.29, 1.82) is 0 Å². The lowest BCUT2D eigenvalue weighted by atomic mass is 10.2. The molecule has 0 unspecified atom stereocenters. The number of aromatic nitrogens is 1. The summed E-state index contributed by atoms with van der Waals surface area (Å²) in [4.78, 5) is 21.1. The highest BCUT2D eigenvalue weighted by molar-refractivity contribution is 6.30. The van der Waals surface area contributed by atoms with Crippen LogP contribution in [0.2, 0.25) is 5.02 Å². The maximum atomic E-state index is 12.1. The van der Waals surface area contributed by atoms with Crippen LogP contribution in [0.5, 0.6) is 0 Å². The first-order valence-corrected chi connectivity index (χ1v) is 10.0. The van der Waals surface area contributed by atoms with E-state index in [2.05, 4.69) is 33.1 Å². The Morgan fingerprint density at radius 1 is 1.07 bits per heavy atom. The van der Waals surface area contributed by atoms with E-state index in [1.54, 1.807) is 6.20 Å². The number of halogens is 1. The van der Waals surface area contributed by atoms with Crippen LogP contribution in [0.25, 0.3) is 0 Å². The predicted octanol–water partition coefficient (Wildman–Crippen LogP) is 3.98. The zero-order valence-corrected chi connectivity index (χ0v) is 16.6. The molecule has 3 rings (SSSR count). The third kappa shape index (κ3) is 5.36. The molecule has 1 N–H and O–H groups in total. The van der Waals surface area contributed by atoms with Crippen molar-refractivity contribution in [3.05, 3.63) is 53.3 Å². The number of hydrogen-bond acceptors (Lipinski definition) is 4. The Balaban J connectivity index is 1.52. The number of amides is 1. The molecule has 1 aromatic heterocycles. The molecule has 5 nitrogen and oxygen atoms in total. The molecule has 1 aliphatic rings. The van der Waals surface area contributed by atoms with Gasteiger partial charge in [0.15, 0.2) is 0 Å². The molecule has 0 saturated carbocycles. The van der Waals surface area contributed by atoms with Gasteiger partial charge in [0.2, 0.25) is 0 Å². The van der Waals surface area contributed by atoms with Crippen LogP contribution >= 0.6 is 11.6 Å². The third-order valence-corrected chi connectivity index (χ3v) is 5.10. The minimum absolute atomic E-state index is 0.0940. The quantitative estimate of drug-likeness (QED) is 0.731. The Bertz CT molecular complexity index is 742. The maximum absolute atomic E-state index is 12.1. The second kappa shape index (κ2) is 9.60. The van der Waals surface area contributed by atoms with Gasteiger partial charge in [-0.2, -0.15) is 0 Å². The van der Waals surface area contributed by atoms with Crippen LogP contribution in [0.3, 0.4) is 0 Å². The second-order valence-electron chi connectivity index (χ2n) is 6.82. The number of hydrogen-bond donors (Lipinski definition) is 1. The number of piperazine rings is 1. The molecule has 1 aliphatic heterocycles. The molecular weight excluding hydrogens is 360 g/mol. The molecule has 0 bridgehead atoms. The Morgan fingerprint density at radius 2 is 1.81 bits per heavy atom. The van der Waals surface area contributed by atoms with Crippen molar-refractivity contribution < 1.29 is 4.79 Å². The molecule has 1 aromatic carbocycles. The molecule has 6 heteroatoms. The molecule has 1 amide bonds. The summed E-state index contributed by atoms with van der Waals surface area (Å²) in [7, 11) is 0. The standard InChI is InChI=1S/C21H27ClN4O/c1-2-3-4-10-23-21(27)20-9-8-19(16-24-20)26-13-11-25(12-14-26)18-7-5-6-17(22)15-18/h5-9,15-16H,2-4,10-14H2,1H3,(H,23,27). The average Bonchev–Trinajstić information content (AvgIpc) is 2.71. The fraction of sp³-hybridized carbons (Fsp3) is 0.429. The third-order valence-electron chi connectivity index (χ3n) is 4.86. The highest BCUT2D eigenvalue weighted by Crippen LogP contribution is 2.22. The van der Waals surface area contributed by atoms with Crippen molar-refractivity contribution in [3.8, 4) is 0 Å². The van der Waals surface area contributed by atoms with E-state index in [4.69, 9.17) is 11.6 Å². The van der Waals surface area contributed by atoms with Crippen LogP contribution in [-0.2, 0) is 0 Å². The smallest absolute Gasteiger partial charge is 0.269 e. The van der Waals surface area contributed by atoms with Gasteiger partial charge in [0.05, 0.1) is 11.9 Å². The van der Waals surface area contributed by atoms with Gasteiger partial charge in [-0.25, -0.2) is 4.98 Å². The van der Waals surface area contributed by atoms with E-state index in [9.17, 15) is 4.79 Å². The van der Waals surface area contributed by atoms with E-state index < -0.39 is 0 Å². The lowest BCUT2D eigenvalue weighted by Gasteiger charge is -2.37. The lowest BCUT2D eigenvalue weighted by Crippen LogP contribution is -2.46. The summed E-state index contributed by atoms with van der Waals surface area (Å²) in [5, 5.41) is 3.70. The fourth-order valence-electron chi connectivity index (χ4n) is 3.27. The summed E-state index contributed by atoms with van der Waals surface area (Å²) in [5.41, 5.74) is 2.70. The van der Waals surface area contributed by atoms with Crippen molar-refractivity contribution in [1.82, 2.24) is 10.3 Å². The van der Waals surface area contributed by atoms with Crippen molar-refractivity contribution >= 4 is 28.9 Å². The average molecular weight is 387 g/mol. The summed E-state index contributed by atoms with van der Waals surface area (Å²) in [6.45, 7) is 6.55. The zero-order valence-electron chi connectivity index (χ0n) is 15.8. The first-order chi connectivity index (χ1) is 13.2. The number of carbonyl (C=O) groups is 1. The van der Waals surface area contributed by atoms with Crippen LogP contribution in [-0.4, -0.2) is 43.6 Å². The van der Waals surface area contributed by atoms with E-state index in [0.29, 0.717) is 12.2 Å². The summed E-state index contributed by atoms with van der Waals surface area (Å²) in [6, 6.07) is 11.8. The molecule has 0 aliphatic carbocycles. The van der Waals surface area contributed by atoms with E-state index in [1.807, 2.05) is 30.3 Å². The molecule has 0 atom stereocenters. The molecule has 0 spiro atoms. The largest absolute Gasteiger partial charge is 0.368 e. The summed E-state index contributed by atoms with van der Waals surface area (Å²) in [6.07, 6.45) is 5.09. The maximum Gasteiger partial charge on any atom is 0.269 e. The van der Waals surface area contributed by atoms with Crippen LogP contribution < -0.4 is 15.1 Å². The number of nitrogens with zero attached hydrogens (tertiary/aromatic N) is 3. The monoisotopic (exact) mass is 386 g/mol. The number of benzene rings is 1. The highest BCUT2D eigenvalue weighted by atomic mass is 35.5. The Labute approximate surface area is 166 Å². The molecule has 0 radical (unpaired) electrons. The van der Waals surface area contributed by atoms with E-state index in [-0.39, 0.29) is 5.91 Å². The number of nitrogens with one attached hydrogen (secondary N) is 1. The van der Waals surface area contributed by atoms with Crippen LogP contribution in [0.4, 0.5) is 11.4 Å². The number of anilines is 2. The van der Waals surface area contributed by atoms with Crippen LogP contribution in [0.15, 0.2) is 42.6 Å². The van der Waals surface area contributed by atoms with Crippen molar-refractivity contribution in [2.45, 2.75) is 26.2 Å². The van der Waals surface area contributed by atoms with Gasteiger partial charge in [-0.15, -0.1) is 0 Å². The summed E-state index contributed by atoms with van der Waals surface area (Å²) in [5.74, 6) is -0.0940. The Kier molecular flexibility index (Phi) is 6.93. The topological polar surface area (TPSA) is 48.5 Å². The van der Waals surface area contributed by atoms with Crippen molar-refractivity contribution in [2.75, 3.05) is 42.5 Å². The van der Waals surface area contributed by atoms with E-state index in [1.165, 1.54) is 0 Å². The molecule has 2 heterocycles. The fourth-order valence-corrected chi connectivity index (χ4v) is 3.46. The van der Waals surface area contributed by atoms with Crippen molar-refractivity contribution in [2.24, 2.45) is 0 Å². The Morgan fingerprint density at radius 3 is 2.44 bits per heavy atom. The molecule has 2 aromatic rings. The minimum Gasteiger partial charge on any atom is -0.368 e. The summed E-state index contributed by atoms with van der Waals surface area (Å²) >= 11 is 6.10. The zero-order chi connectivity index (χ0) is 19.1. The first-order valence-electron chi connectivity index (χ1n) is 9.67. The van der Waals surface area contributed by atoms with Gasteiger partial charge in [-0.1, -0.05) is 37.4 Å². The molecule has 27 heavy (non-hydrogen) atoms. The predicted molar refractivity (Wildman–Crippen MR) is 112 cm³/mol. The SMILES string of the molecule is CCCCCNC(=O)c1ccc(N2CCN(c3cccc(Cl)c3)CC2)cn1. The molecule has 1 saturated heterocycles. The van der Waals surface area contributed by atoms with Gasteiger partial charge in [-0.05, 0) is 36.8 Å². The van der Waals surface area contributed by atoms with Gasteiger partial charge >= 0.3 is 0 Å². The normalized spacial score (nSPS) is 14.3. The van der Waals surface area contributed by atoms with Crippen LogP contribution in [0.1, 0.15) is 36.7 Å². The van der Waals surface area contributed by atoms with E-state index in [0.717, 1.165) is 61.8 Å². The number of carbonyl (C=O) groups excluding carboxylic acids is 1. The summed E-state index contributed by atoms with van der Waals surface area (Å²) < 4.78 is 0. The molecule has 144 valence electrons. The van der Waals surface area contributed by atoms with Gasteiger partial charge in [0, 0.05) is 43.4 Å². The van der Waals surface area contributed by atoms with Gasteiger partial charge in [-0.3, -0.25) is 4.79 Å². The highest BCUT2D eigenvalue weighted by Gasteiger charge is 2.18. The first kappa shape index (κ1) is 19.5. The van der Waals surface area contributed by atoms with Crippen LogP contribution in [0, 0.1) is 0 Å². The van der Waals surface area contributed by atoms with Crippen molar-refractivity contribution in [3.63, 3.8) is 0 Å². The Hall–Kier alpha value is -2.27. The number of pyridine rings is 1. The van der Waals surface area contributed by atoms with Gasteiger partial charge in [0.25, 0.3) is 5.91 Å². The lowest BCUT2D eigenvalue weighted by molar-refractivity contribution is 0.0948. The molecule has 1 fully saturated rings. The number of rotatable bonds is 7. The minimum atomic E-state index is -0.0940. The second-order valence-corrected chi connectivity index (χ2v) is 7.26. The molecular formula is C21H27ClN4O. The van der Waals surface area contributed by atoms with Gasteiger partial charge < -0.3 is 15.1 Å². The van der Waals surface area contributed by atoms with E-state index >= 15 is 0 Å².